The summed E-state index contributed by atoms with van der Waals surface area (Å²) in [7, 11) is 0. The van der Waals surface area contributed by atoms with E-state index >= 15 is 0 Å². The van der Waals surface area contributed by atoms with E-state index in [2.05, 4.69) is 70.3 Å². The standard InChI is InChI=1S/C29H47ClN2O/c1-6-29(14-15-30)22(2)16-28(23-10-8-7-9-11-23)18-24(29)17-27(5,19-28)13-12-25(31)26(3,4)20-32-21-33/h7-11,21-22,24-25H,6,12-20,31H2,1-5H3,(H,32,33). The number of fused-ring (bicyclic) bond motifs is 2. The van der Waals surface area contributed by atoms with Crippen LogP contribution in [0.25, 0.3) is 0 Å². The maximum Gasteiger partial charge on any atom is 0.207 e. The highest BCUT2D eigenvalue weighted by molar-refractivity contribution is 6.17. The van der Waals surface area contributed by atoms with E-state index in [1.165, 1.54) is 37.7 Å². The van der Waals surface area contributed by atoms with Crippen LogP contribution in [0.2, 0.25) is 0 Å². The minimum absolute atomic E-state index is 0.0638. The minimum atomic E-state index is -0.112. The van der Waals surface area contributed by atoms with Crippen LogP contribution in [0, 0.1) is 28.1 Å². The zero-order chi connectivity index (χ0) is 24.3. The van der Waals surface area contributed by atoms with Crippen molar-refractivity contribution in [1.29, 1.82) is 0 Å². The van der Waals surface area contributed by atoms with Gasteiger partial charge in [0.2, 0.25) is 6.41 Å². The summed E-state index contributed by atoms with van der Waals surface area (Å²) in [4.78, 5) is 10.8. The Hall–Kier alpha value is -1.06. The number of rotatable bonds is 11. The summed E-state index contributed by atoms with van der Waals surface area (Å²) in [5, 5.41) is 2.84. The highest BCUT2D eigenvalue weighted by Gasteiger charge is 2.58. The van der Waals surface area contributed by atoms with Gasteiger partial charge in [-0.15, -0.1) is 11.6 Å². The summed E-state index contributed by atoms with van der Waals surface area (Å²) in [6.45, 7) is 12.4. The van der Waals surface area contributed by atoms with Gasteiger partial charge in [0.1, 0.15) is 0 Å². The van der Waals surface area contributed by atoms with Crippen molar-refractivity contribution in [3.8, 4) is 0 Å². The maximum atomic E-state index is 10.8. The zero-order valence-electron chi connectivity index (χ0n) is 21.6. The van der Waals surface area contributed by atoms with Gasteiger partial charge in [-0.1, -0.05) is 65.0 Å². The molecule has 0 aliphatic heterocycles. The van der Waals surface area contributed by atoms with Crippen LogP contribution >= 0.6 is 11.6 Å². The van der Waals surface area contributed by atoms with Crippen molar-refractivity contribution in [3.05, 3.63) is 35.9 Å². The van der Waals surface area contributed by atoms with Gasteiger partial charge in [0.25, 0.3) is 0 Å². The first kappa shape index (κ1) is 26.5. The fourth-order valence-electron chi connectivity index (χ4n) is 7.94. The Bertz CT molecular complexity index is 779. The monoisotopic (exact) mass is 474 g/mol. The number of carbonyl (C=O) groups excluding carboxylic acids is 1. The van der Waals surface area contributed by atoms with Crippen molar-refractivity contribution in [3.63, 3.8) is 0 Å². The molecule has 1 aromatic rings. The summed E-state index contributed by atoms with van der Waals surface area (Å²) in [5.41, 5.74) is 8.98. The second-order valence-corrected chi connectivity index (χ2v) is 12.9. The Labute approximate surface area is 207 Å². The van der Waals surface area contributed by atoms with Gasteiger partial charge < -0.3 is 11.1 Å². The number of alkyl halides is 1. The summed E-state index contributed by atoms with van der Waals surface area (Å²) >= 11 is 6.42. The Morgan fingerprint density at radius 2 is 1.91 bits per heavy atom. The lowest BCUT2D eigenvalue weighted by atomic mass is 9.42. The Morgan fingerprint density at radius 1 is 1.21 bits per heavy atom. The number of hydrogen-bond donors (Lipinski definition) is 2. The third-order valence-corrected chi connectivity index (χ3v) is 10.1. The molecule has 4 heteroatoms. The lowest BCUT2D eigenvalue weighted by Crippen LogP contribution is -2.55. The quantitative estimate of drug-likeness (QED) is 0.277. The largest absolute Gasteiger partial charge is 0.358 e. The molecule has 3 N–H and O–H groups in total. The summed E-state index contributed by atoms with van der Waals surface area (Å²) < 4.78 is 0. The second-order valence-electron chi connectivity index (χ2n) is 12.5. The number of benzene rings is 1. The molecule has 1 amide bonds. The van der Waals surface area contributed by atoms with Crippen LogP contribution in [0.15, 0.2) is 30.3 Å². The molecule has 0 aromatic heterocycles. The van der Waals surface area contributed by atoms with Crippen LogP contribution in [-0.4, -0.2) is 24.9 Å². The highest BCUT2D eigenvalue weighted by Crippen LogP contribution is 2.66. The number of halogens is 1. The molecule has 3 nitrogen and oxygen atoms in total. The predicted octanol–water partition coefficient (Wildman–Crippen LogP) is 6.68. The molecule has 3 rings (SSSR count). The van der Waals surface area contributed by atoms with Gasteiger partial charge in [0.05, 0.1) is 0 Å². The van der Waals surface area contributed by atoms with Crippen molar-refractivity contribution in [2.45, 2.75) is 97.4 Å². The zero-order valence-corrected chi connectivity index (χ0v) is 22.4. The lowest BCUT2D eigenvalue weighted by molar-refractivity contribution is -0.110. The molecule has 0 spiro atoms. The van der Waals surface area contributed by atoms with Crippen molar-refractivity contribution in [2.24, 2.45) is 33.8 Å². The molecule has 6 unspecified atom stereocenters. The van der Waals surface area contributed by atoms with Crippen molar-refractivity contribution < 1.29 is 4.79 Å². The molecule has 2 fully saturated rings. The number of hydrogen-bond acceptors (Lipinski definition) is 2. The summed E-state index contributed by atoms with van der Waals surface area (Å²) in [6, 6.07) is 11.4. The molecule has 0 radical (unpaired) electrons. The Kier molecular flexibility index (Phi) is 8.27. The molecule has 6 atom stereocenters. The van der Waals surface area contributed by atoms with Gasteiger partial charge >= 0.3 is 0 Å². The molecule has 1 aromatic carbocycles. The fourth-order valence-corrected chi connectivity index (χ4v) is 8.30. The Balaban J connectivity index is 1.90. The van der Waals surface area contributed by atoms with Gasteiger partial charge in [0, 0.05) is 18.5 Å². The lowest BCUT2D eigenvalue weighted by Gasteiger charge is -2.63. The average Bonchev–Trinajstić information content (AvgIpc) is 2.79. The first-order valence-electron chi connectivity index (χ1n) is 13.1. The van der Waals surface area contributed by atoms with Crippen LogP contribution in [0.4, 0.5) is 0 Å². The minimum Gasteiger partial charge on any atom is -0.358 e. The smallest absolute Gasteiger partial charge is 0.207 e. The van der Waals surface area contributed by atoms with E-state index in [4.69, 9.17) is 17.3 Å². The van der Waals surface area contributed by atoms with Gasteiger partial charge in [-0.25, -0.2) is 0 Å². The maximum absolute atomic E-state index is 10.8. The molecule has 2 bridgehead atoms. The van der Waals surface area contributed by atoms with Gasteiger partial charge in [-0.2, -0.15) is 0 Å². The topological polar surface area (TPSA) is 55.1 Å². The van der Waals surface area contributed by atoms with Crippen LogP contribution in [0.5, 0.6) is 0 Å². The van der Waals surface area contributed by atoms with Crippen LogP contribution in [0.1, 0.15) is 91.5 Å². The second kappa shape index (κ2) is 10.3. The molecule has 2 saturated carbocycles. The van der Waals surface area contributed by atoms with Crippen molar-refractivity contribution >= 4 is 18.0 Å². The van der Waals surface area contributed by atoms with E-state index in [-0.39, 0.29) is 22.3 Å². The van der Waals surface area contributed by atoms with Crippen LogP contribution < -0.4 is 11.1 Å². The molecule has 186 valence electrons. The summed E-state index contributed by atoms with van der Waals surface area (Å²) in [6.07, 6.45) is 10.3. The molecular formula is C29H47ClN2O. The van der Waals surface area contributed by atoms with E-state index in [1.807, 2.05) is 0 Å². The normalized spacial score (nSPS) is 35.1. The van der Waals surface area contributed by atoms with Crippen LogP contribution in [-0.2, 0) is 10.2 Å². The van der Waals surface area contributed by atoms with Gasteiger partial charge in [-0.3, -0.25) is 4.79 Å². The van der Waals surface area contributed by atoms with Crippen molar-refractivity contribution in [2.75, 3.05) is 12.4 Å². The first-order chi connectivity index (χ1) is 15.6. The van der Waals surface area contributed by atoms with Crippen LogP contribution in [0.3, 0.4) is 0 Å². The molecule has 2 aliphatic rings. The first-order valence-corrected chi connectivity index (χ1v) is 13.6. The molecule has 0 heterocycles. The van der Waals surface area contributed by atoms with E-state index < -0.39 is 0 Å². The van der Waals surface area contributed by atoms with E-state index in [0.717, 1.165) is 31.6 Å². The number of nitrogens with two attached hydrogens (primary N) is 1. The summed E-state index contributed by atoms with van der Waals surface area (Å²) in [5.74, 6) is 2.14. The third-order valence-electron chi connectivity index (χ3n) is 9.94. The van der Waals surface area contributed by atoms with E-state index in [1.54, 1.807) is 0 Å². The van der Waals surface area contributed by atoms with E-state index in [0.29, 0.717) is 23.8 Å². The number of amides is 1. The molecule has 33 heavy (non-hydrogen) atoms. The average molecular weight is 475 g/mol. The molecular weight excluding hydrogens is 428 g/mol. The SMILES string of the molecule is CCC1(CCCl)C(C)CC2(c3ccccc3)CC1CC(C)(CCC(N)C(C)(C)CNC=O)C2. The number of nitrogens with one attached hydrogen (secondary N) is 1. The molecule has 0 saturated heterocycles. The van der Waals surface area contributed by atoms with Crippen molar-refractivity contribution in [1.82, 2.24) is 5.32 Å². The Morgan fingerprint density at radius 3 is 2.52 bits per heavy atom. The predicted molar refractivity (Wildman–Crippen MR) is 140 cm³/mol. The molecule has 2 aliphatic carbocycles. The third kappa shape index (κ3) is 5.30. The van der Waals surface area contributed by atoms with Gasteiger partial charge in [0.15, 0.2) is 0 Å². The highest BCUT2D eigenvalue weighted by atomic mass is 35.5. The fraction of sp³-hybridized carbons (Fsp3) is 0.759. The van der Waals surface area contributed by atoms with E-state index in [9.17, 15) is 4.79 Å². The number of carbonyl (C=O) groups is 1. The van der Waals surface area contributed by atoms with Gasteiger partial charge in [-0.05, 0) is 90.4 Å².